The summed E-state index contributed by atoms with van der Waals surface area (Å²) in [4.78, 5) is 32.0. The van der Waals surface area contributed by atoms with Gasteiger partial charge in [0.05, 0.1) is 24.8 Å². The fourth-order valence-corrected chi connectivity index (χ4v) is 2.38. The monoisotopic (exact) mass is 383 g/mol. The Morgan fingerprint density at radius 1 is 1.43 bits per heavy atom. The van der Waals surface area contributed by atoms with Crippen LogP contribution >= 0.6 is 0 Å². The molecule has 1 aliphatic rings. The summed E-state index contributed by atoms with van der Waals surface area (Å²) < 4.78 is 10.8. The molecule has 1 aromatic carbocycles. The van der Waals surface area contributed by atoms with Gasteiger partial charge in [0.15, 0.2) is 5.82 Å². The molecule has 0 unspecified atom stereocenters. The second kappa shape index (κ2) is 7.89. The van der Waals surface area contributed by atoms with E-state index in [-0.39, 0.29) is 29.2 Å². The van der Waals surface area contributed by atoms with Crippen molar-refractivity contribution >= 4 is 17.7 Å². The Balaban J connectivity index is 2.02. The Hall–Kier alpha value is -3.71. The van der Waals surface area contributed by atoms with Gasteiger partial charge in [-0.15, -0.1) is 0 Å². The Morgan fingerprint density at radius 2 is 2.18 bits per heavy atom. The SMILES string of the molecule is C[C@H](NC(=O)c1c(N)nc(-c2cccc(C#N)c2)nc1OC1COC1)C(=O)O. The van der Waals surface area contributed by atoms with Crippen molar-refractivity contribution in [3.63, 3.8) is 0 Å². The third-order valence-electron chi connectivity index (χ3n) is 3.98. The van der Waals surface area contributed by atoms with Gasteiger partial charge in [0.25, 0.3) is 5.91 Å². The van der Waals surface area contributed by atoms with E-state index in [1.807, 2.05) is 6.07 Å². The number of benzene rings is 1. The number of carboxylic acids is 1. The molecule has 0 aliphatic carbocycles. The van der Waals surface area contributed by atoms with Gasteiger partial charge in [0.2, 0.25) is 5.88 Å². The van der Waals surface area contributed by atoms with Gasteiger partial charge >= 0.3 is 5.97 Å². The van der Waals surface area contributed by atoms with Crippen LogP contribution in [0.25, 0.3) is 11.4 Å². The molecule has 0 saturated carbocycles. The molecule has 4 N–H and O–H groups in total. The molecule has 0 radical (unpaired) electrons. The average Bonchev–Trinajstić information content (AvgIpc) is 2.64. The number of hydrogen-bond acceptors (Lipinski definition) is 8. The zero-order valence-corrected chi connectivity index (χ0v) is 14.9. The number of anilines is 1. The lowest BCUT2D eigenvalue weighted by Gasteiger charge is -2.27. The number of nitrogens with zero attached hydrogens (tertiary/aromatic N) is 3. The first-order valence-electron chi connectivity index (χ1n) is 8.35. The van der Waals surface area contributed by atoms with Crippen molar-refractivity contribution in [3.05, 3.63) is 35.4 Å². The van der Waals surface area contributed by atoms with Gasteiger partial charge in [-0.05, 0) is 19.1 Å². The number of nitrogens with two attached hydrogens (primary N) is 1. The molecule has 2 aromatic rings. The van der Waals surface area contributed by atoms with E-state index in [9.17, 15) is 9.59 Å². The van der Waals surface area contributed by atoms with Crippen molar-refractivity contribution in [2.45, 2.75) is 19.1 Å². The lowest BCUT2D eigenvalue weighted by Crippen LogP contribution is -2.41. The number of nitriles is 1. The van der Waals surface area contributed by atoms with Crippen LogP contribution in [0.15, 0.2) is 24.3 Å². The van der Waals surface area contributed by atoms with Crippen LogP contribution in [0.4, 0.5) is 5.82 Å². The minimum atomic E-state index is -1.20. The van der Waals surface area contributed by atoms with E-state index in [0.29, 0.717) is 24.3 Å². The van der Waals surface area contributed by atoms with Gasteiger partial charge in [-0.25, -0.2) is 4.98 Å². The second-order valence-corrected chi connectivity index (χ2v) is 6.12. The molecular weight excluding hydrogens is 366 g/mol. The average molecular weight is 383 g/mol. The summed E-state index contributed by atoms with van der Waals surface area (Å²) >= 11 is 0. The largest absolute Gasteiger partial charge is 0.480 e. The van der Waals surface area contributed by atoms with Crippen LogP contribution < -0.4 is 15.8 Å². The Labute approximate surface area is 159 Å². The molecule has 144 valence electrons. The van der Waals surface area contributed by atoms with Gasteiger partial charge in [0.1, 0.15) is 23.5 Å². The predicted octanol–water partition coefficient (Wildman–Crippen LogP) is 0.578. The summed E-state index contributed by atoms with van der Waals surface area (Å²) in [6.45, 7) is 1.98. The fraction of sp³-hybridized carbons (Fsp3) is 0.278. The van der Waals surface area contributed by atoms with E-state index < -0.39 is 17.9 Å². The fourth-order valence-electron chi connectivity index (χ4n) is 2.38. The van der Waals surface area contributed by atoms with Gasteiger partial charge in [-0.3, -0.25) is 9.59 Å². The highest BCUT2D eigenvalue weighted by atomic mass is 16.6. The number of aliphatic carboxylic acids is 1. The molecule has 10 heteroatoms. The Bertz CT molecular complexity index is 967. The number of rotatable bonds is 6. The zero-order valence-electron chi connectivity index (χ0n) is 14.9. The molecule has 10 nitrogen and oxygen atoms in total. The number of carbonyl (C=O) groups is 2. The van der Waals surface area contributed by atoms with E-state index in [2.05, 4.69) is 15.3 Å². The normalized spacial score (nSPS) is 14.4. The van der Waals surface area contributed by atoms with E-state index >= 15 is 0 Å². The van der Waals surface area contributed by atoms with Crippen molar-refractivity contribution < 1.29 is 24.2 Å². The van der Waals surface area contributed by atoms with E-state index in [1.165, 1.54) is 6.92 Å². The standard InChI is InChI=1S/C18H17N5O5/c1-9(18(25)26)21-16(24)13-14(20)22-15(11-4-2-3-10(5-11)6-19)23-17(13)28-12-7-27-8-12/h2-5,9,12H,7-8H2,1H3,(H,21,24)(H,25,26)(H2,20,22,23)/t9-/m0/s1. The molecular formula is C18H17N5O5. The minimum absolute atomic E-state index is 0.0757. The zero-order chi connectivity index (χ0) is 20.3. The molecule has 1 aliphatic heterocycles. The highest BCUT2D eigenvalue weighted by Gasteiger charge is 2.28. The van der Waals surface area contributed by atoms with Crippen LogP contribution in [0.5, 0.6) is 5.88 Å². The summed E-state index contributed by atoms with van der Waals surface area (Å²) in [6.07, 6.45) is -0.309. The highest BCUT2D eigenvalue weighted by molar-refractivity contribution is 6.02. The van der Waals surface area contributed by atoms with Crippen LogP contribution in [-0.2, 0) is 9.53 Å². The molecule has 0 bridgehead atoms. The lowest BCUT2D eigenvalue weighted by atomic mass is 10.1. The van der Waals surface area contributed by atoms with Crippen LogP contribution in [0.2, 0.25) is 0 Å². The van der Waals surface area contributed by atoms with Crippen LogP contribution in [0.3, 0.4) is 0 Å². The van der Waals surface area contributed by atoms with Gasteiger partial charge < -0.3 is 25.6 Å². The first kappa shape index (κ1) is 19.1. The van der Waals surface area contributed by atoms with Crippen molar-refractivity contribution in [2.75, 3.05) is 18.9 Å². The van der Waals surface area contributed by atoms with Crippen LogP contribution in [0, 0.1) is 11.3 Å². The van der Waals surface area contributed by atoms with Crippen molar-refractivity contribution in [2.24, 2.45) is 0 Å². The predicted molar refractivity (Wildman–Crippen MR) is 96.4 cm³/mol. The van der Waals surface area contributed by atoms with Crippen molar-refractivity contribution in [1.82, 2.24) is 15.3 Å². The van der Waals surface area contributed by atoms with Gasteiger partial charge in [0, 0.05) is 5.56 Å². The quantitative estimate of drug-likeness (QED) is 0.648. The first-order chi connectivity index (χ1) is 13.4. The number of hydrogen-bond donors (Lipinski definition) is 3. The molecule has 0 spiro atoms. The maximum absolute atomic E-state index is 12.5. The number of carbonyl (C=O) groups excluding carboxylic acids is 1. The summed E-state index contributed by atoms with van der Waals surface area (Å²) in [5.74, 6) is -2.04. The Morgan fingerprint density at radius 3 is 2.79 bits per heavy atom. The highest BCUT2D eigenvalue weighted by Crippen LogP contribution is 2.28. The third-order valence-corrected chi connectivity index (χ3v) is 3.98. The topological polar surface area (TPSA) is 160 Å². The maximum Gasteiger partial charge on any atom is 0.325 e. The molecule has 1 amide bonds. The Kier molecular flexibility index (Phi) is 5.37. The summed E-state index contributed by atoms with van der Waals surface area (Å²) in [6, 6.07) is 7.46. The van der Waals surface area contributed by atoms with Crippen LogP contribution in [-0.4, -0.2) is 52.3 Å². The van der Waals surface area contributed by atoms with Gasteiger partial charge in [-0.1, -0.05) is 12.1 Å². The number of ether oxygens (including phenoxy) is 2. The smallest absolute Gasteiger partial charge is 0.325 e. The molecule has 1 atom stereocenters. The lowest BCUT2D eigenvalue weighted by molar-refractivity contribution is -0.138. The maximum atomic E-state index is 12.5. The number of nitrogens with one attached hydrogen (secondary N) is 1. The first-order valence-corrected chi connectivity index (χ1v) is 8.35. The molecule has 2 heterocycles. The van der Waals surface area contributed by atoms with E-state index in [1.54, 1.807) is 24.3 Å². The number of nitrogen functional groups attached to an aromatic ring is 1. The summed E-state index contributed by atoms with van der Waals surface area (Å²) in [7, 11) is 0. The number of amides is 1. The van der Waals surface area contributed by atoms with Gasteiger partial charge in [-0.2, -0.15) is 10.2 Å². The number of carboxylic acid groups (broad SMARTS) is 1. The molecule has 28 heavy (non-hydrogen) atoms. The minimum Gasteiger partial charge on any atom is -0.480 e. The number of aromatic nitrogens is 2. The summed E-state index contributed by atoms with van der Waals surface area (Å²) in [5, 5.41) is 20.4. The van der Waals surface area contributed by atoms with E-state index in [4.69, 9.17) is 25.6 Å². The van der Waals surface area contributed by atoms with Crippen molar-refractivity contribution in [3.8, 4) is 23.3 Å². The molecule has 1 aromatic heterocycles. The third kappa shape index (κ3) is 3.99. The van der Waals surface area contributed by atoms with E-state index in [0.717, 1.165) is 0 Å². The van der Waals surface area contributed by atoms with Crippen molar-refractivity contribution in [1.29, 1.82) is 5.26 Å². The summed E-state index contributed by atoms with van der Waals surface area (Å²) in [5.41, 5.74) is 6.76. The van der Waals surface area contributed by atoms with Crippen LogP contribution in [0.1, 0.15) is 22.8 Å². The molecule has 1 fully saturated rings. The second-order valence-electron chi connectivity index (χ2n) is 6.12. The molecule has 1 saturated heterocycles. The molecule has 3 rings (SSSR count).